The third kappa shape index (κ3) is 2.71. The highest BCUT2D eigenvalue weighted by Gasteiger charge is 2.18. The summed E-state index contributed by atoms with van der Waals surface area (Å²) in [7, 11) is 0. The van der Waals surface area contributed by atoms with Crippen molar-refractivity contribution in [1.82, 2.24) is 14.9 Å². The zero-order valence-corrected chi connectivity index (χ0v) is 10.3. The molecule has 17 heavy (non-hydrogen) atoms. The van der Waals surface area contributed by atoms with E-state index in [4.69, 9.17) is 5.26 Å². The molecule has 1 saturated heterocycles. The second-order valence-corrected chi connectivity index (χ2v) is 4.23. The van der Waals surface area contributed by atoms with Crippen LogP contribution >= 0.6 is 0 Å². The smallest absolute Gasteiger partial charge is 0.226 e. The lowest BCUT2D eigenvalue weighted by Gasteiger charge is -2.34. The van der Waals surface area contributed by atoms with Crippen LogP contribution in [0.5, 0.6) is 0 Å². The zero-order valence-electron chi connectivity index (χ0n) is 10.3. The van der Waals surface area contributed by atoms with E-state index in [9.17, 15) is 0 Å². The quantitative estimate of drug-likeness (QED) is 0.753. The maximum absolute atomic E-state index is 8.90. The van der Waals surface area contributed by atoms with Gasteiger partial charge in [0.2, 0.25) is 5.95 Å². The second kappa shape index (κ2) is 5.11. The summed E-state index contributed by atoms with van der Waals surface area (Å²) in [4.78, 5) is 13.2. The molecule has 0 unspecified atom stereocenters. The number of hydrogen-bond acceptors (Lipinski definition) is 5. The number of rotatable bonds is 2. The van der Waals surface area contributed by atoms with E-state index in [1.54, 1.807) is 6.07 Å². The molecule has 0 N–H and O–H groups in total. The topological polar surface area (TPSA) is 56.0 Å². The summed E-state index contributed by atoms with van der Waals surface area (Å²) in [6, 6.07) is 3.79. The lowest BCUT2D eigenvalue weighted by Crippen LogP contribution is -2.46. The van der Waals surface area contributed by atoms with Crippen LogP contribution in [0.25, 0.3) is 0 Å². The molecule has 0 atom stereocenters. The molecule has 2 rings (SSSR count). The Balaban J connectivity index is 2.13. The molecule has 1 aliphatic heterocycles. The van der Waals surface area contributed by atoms with Crippen LogP contribution in [-0.2, 0) is 0 Å². The van der Waals surface area contributed by atoms with E-state index in [0.29, 0.717) is 11.6 Å². The Bertz CT molecular complexity index is 429. The van der Waals surface area contributed by atoms with Crippen molar-refractivity contribution in [2.75, 3.05) is 37.6 Å². The van der Waals surface area contributed by atoms with Crippen molar-refractivity contribution in [3.63, 3.8) is 0 Å². The molecule has 5 heteroatoms. The Morgan fingerprint density at radius 1 is 1.29 bits per heavy atom. The second-order valence-electron chi connectivity index (χ2n) is 4.23. The van der Waals surface area contributed by atoms with E-state index in [2.05, 4.69) is 32.8 Å². The lowest BCUT2D eigenvalue weighted by molar-refractivity contribution is 0.270. The van der Waals surface area contributed by atoms with Crippen molar-refractivity contribution in [3.8, 4) is 6.07 Å². The highest BCUT2D eigenvalue weighted by molar-refractivity contribution is 5.36. The highest BCUT2D eigenvalue weighted by Crippen LogP contribution is 2.12. The van der Waals surface area contributed by atoms with Crippen LogP contribution in [0.2, 0.25) is 0 Å². The Kier molecular flexibility index (Phi) is 3.55. The molecular weight excluding hydrogens is 214 g/mol. The third-order valence-electron chi connectivity index (χ3n) is 3.06. The van der Waals surface area contributed by atoms with Crippen molar-refractivity contribution >= 4 is 5.95 Å². The molecular formula is C12H17N5. The molecule has 1 aromatic rings. The first-order valence-corrected chi connectivity index (χ1v) is 5.96. The van der Waals surface area contributed by atoms with Crippen LogP contribution in [0, 0.1) is 18.3 Å². The van der Waals surface area contributed by atoms with Crippen molar-refractivity contribution < 1.29 is 0 Å². The Labute approximate surface area is 102 Å². The third-order valence-corrected chi connectivity index (χ3v) is 3.06. The van der Waals surface area contributed by atoms with Crippen LogP contribution in [-0.4, -0.2) is 47.6 Å². The van der Waals surface area contributed by atoms with Gasteiger partial charge in [0.25, 0.3) is 0 Å². The number of nitrogens with zero attached hydrogens (tertiary/aromatic N) is 5. The van der Waals surface area contributed by atoms with Crippen LogP contribution < -0.4 is 4.90 Å². The summed E-state index contributed by atoms with van der Waals surface area (Å²) >= 11 is 0. The molecule has 0 bridgehead atoms. The SMILES string of the molecule is CCN1CCN(c2nc(C)cc(C#N)n2)CC1. The first kappa shape index (κ1) is 11.8. The maximum Gasteiger partial charge on any atom is 0.226 e. The first-order chi connectivity index (χ1) is 8.22. The Morgan fingerprint density at radius 2 is 2.00 bits per heavy atom. The number of aromatic nitrogens is 2. The fourth-order valence-corrected chi connectivity index (χ4v) is 2.02. The summed E-state index contributed by atoms with van der Waals surface area (Å²) in [6.07, 6.45) is 0. The van der Waals surface area contributed by atoms with Crippen LogP contribution in [0.1, 0.15) is 18.3 Å². The number of aryl methyl sites for hydroxylation is 1. The number of anilines is 1. The molecule has 5 nitrogen and oxygen atoms in total. The van der Waals surface area contributed by atoms with Crippen LogP contribution in [0.4, 0.5) is 5.95 Å². The van der Waals surface area contributed by atoms with E-state index in [0.717, 1.165) is 38.4 Å². The standard InChI is InChI=1S/C12H17N5/c1-3-16-4-6-17(7-5-16)12-14-10(2)8-11(9-13)15-12/h8H,3-7H2,1-2H3. The summed E-state index contributed by atoms with van der Waals surface area (Å²) in [6.45, 7) is 9.10. The summed E-state index contributed by atoms with van der Waals surface area (Å²) in [5.74, 6) is 0.692. The summed E-state index contributed by atoms with van der Waals surface area (Å²) < 4.78 is 0. The summed E-state index contributed by atoms with van der Waals surface area (Å²) in [5.41, 5.74) is 1.30. The van der Waals surface area contributed by atoms with Gasteiger partial charge in [-0.15, -0.1) is 0 Å². The van der Waals surface area contributed by atoms with E-state index in [1.165, 1.54) is 0 Å². The van der Waals surface area contributed by atoms with E-state index in [1.807, 2.05) is 6.92 Å². The average Bonchev–Trinajstić information content (AvgIpc) is 2.38. The van der Waals surface area contributed by atoms with Gasteiger partial charge < -0.3 is 9.80 Å². The van der Waals surface area contributed by atoms with Gasteiger partial charge in [-0.3, -0.25) is 0 Å². The van der Waals surface area contributed by atoms with Gasteiger partial charge in [-0.05, 0) is 19.5 Å². The Morgan fingerprint density at radius 3 is 2.59 bits per heavy atom. The van der Waals surface area contributed by atoms with E-state index < -0.39 is 0 Å². The van der Waals surface area contributed by atoms with Crippen molar-refractivity contribution in [1.29, 1.82) is 5.26 Å². The van der Waals surface area contributed by atoms with Gasteiger partial charge in [0, 0.05) is 31.9 Å². The van der Waals surface area contributed by atoms with Crippen molar-refractivity contribution in [3.05, 3.63) is 17.5 Å². The number of likely N-dealkylation sites (N-methyl/N-ethyl adjacent to an activating group) is 1. The highest BCUT2D eigenvalue weighted by atomic mass is 15.3. The van der Waals surface area contributed by atoms with Crippen molar-refractivity contribution in [2.45, 2.75) is 13.8 Å². The van der Waals surface area contributed by atoms with Crippen molar-refractivity contribution in [2.24, 2.45) is 0 Å². The van der Waals surface area contributed by atoms with E-state index in [-0.39, 0.29) is 0 Å². The maximum atomic E-state index is 8.90. The Hall–Kier alpha value is -1.67. The van der Waals surface area contributed by atoms with E-state index >= 15 is 0 Å². The summed E-state index contributed by atoms with van der Waals surface area (Å²) in [5, 5.41) is 8.90. The van der Waals surface area contributed by atoms with Gasteiger partial charge in [-0.25, -0.2) is 9.97 Å². The molecule has 0 radical (unpaired) electrons. The minimum Gasteiger partial charge on any atom is -0.338 e. The zero-order chi connectivity index (χ0) is 12.3. The molecule has 0 spiro atoms. The molecule has 0 aliphatic carbocycles. The molecule has 0 saturated carbocycles. The molecule has 90 valence electrons. The molecule has 0 aromatic carbocycles. The fraction of sp³-hybridized carbons (Fsp3) is 0.583. The van der Waals surface area contributed by atoms with Gasteiger partial charge in [-0.1, -0.05) is 6.92 Å². The minimum atomic E-state index is 0.449. The minimum absolute atomic E-state index is 0.449. The lowest BCUT2D eigenvalue weighted by atomic mass is 10.3. The van der Waals surface area contributed by atoms with Gasteiger partial charge in [0.15, 0.2) is 0 Å². The predicted octanol–water partition coefficient (Wildman–Crippen LogP) is 0.799. The normalized spacial score (nSPS) is 16.9. The largest absolute Gasteiger partial charge is 0.338 e. The average molecular weight is 231 g/mol. The predicted molar refractivity (Wildman–Crippen MR) is 65.8 cm³/mol. The molecule has 0 amide bonds. The molecule has 1 aromatic heterocycles. The first-order valence-electron chi connectivity index (χ1n) is 5.96. The number of piperazine rings is 1. The van der Waals surface area contributed by atoms with Crippen LogP contribution in [0.3, 0.4) is 0 Å². The van der Waals surface area contributed by atoms with Gasteiger partial charge in [-0.2, -0.15) is 5.26 Å². The molecule has 2 heterocycles. The molecule has 1 fully saturated rings. The van der Waals surface area contributed by atoms with Gasteiger partial charge in [0.05, 0.1) is 0 Å². The number of hydrogen-bond donors (Lipinski definition) is 0. The van der Waals surface area contributed by atoms with Gasteiger partial charge >= 0.3 is 0 Å². The van der Waals surface area contributed by atoms with Crippen LogP contribution in [0.15, 0.2) is 6.07 Å². The number of nitriles is 1. The monoisotopic (exact) mass is 231 g/mol. The molecule has 1 aliphatic rings. The fourth-order valence-electron chi connectivity index (χ4n) is 2.02. The van der Waals surface area contributed by atoms with Gasteiger partial charge in [0.1, 0.15) is 11.8 Å².